The molecule has 1 saturated heterocycles. The lowest BCUT2D eigenvalue weighted by Crippen LogP contribution is -2.37. The van der Waals surface area contributed by atoms with E-state index in [0.717, 1.165) is 5.56 Å². The summed E-state index contributed by atoms with van der Waals surface area (Å²) in [6.45, 7) is 4.35. The fourth-order valence-corrected chi connectivity index (χ4v) is 7.42. The molecular weight excluding hydrogens is 524 g/mol. The Morgan fingerprint density at radius 2 is 1.74 bits per heavy atom. The van der Waals surface area contributed by atoms with Gasteiger partial charge in [0, 0.05) is 52.2 Å². The third kappa shape index (κ3) is 4.08. The third-order valence-corrected chi connectivity index (χ3v) is 10.9. The highest BCUT2D eigenvalue weighted by molar-refractivity contribution is 7.99. The van der Waals surface area contributed by atoms with Crippen molar-refractivity contribution in [3.8, 4) is 11.4 Å². The first-order valence-electron chi connectivity index (χ1n) is 12.3. The molecule has 1 aliphatic carbocycles. The number of aromatic nitrogens is 4. The molecule has 1 unspecified atom stereocenters. The molecule has 10 nitrogen and oxygen atoms in total. The van der Waals surface area contributed by atoms with Crippen molar-refractivity contribution >= 4 is 42.5 Å². The average molecular weight is 553 g/mol. The summed E-state index contributed by atoms with van der Waals surface area (Å²) in [5.74, 6) is 4.84. The van der Waals surface area contributed by atoms with Gasteiger partial charge in [0.15, 0.2) is 11.5 Å². The topological polar surface area (TPSA) is 133 Å². The molecule has 3 aromatic heterocycles. The number of rotatable bonds is 6. The van der Waals surface area contributed by atoms with Gasteiger partial charge in [-0.2, -0.15) is 0 Å². The monoisotopic (exact) mass is 552 g/mol. The van der Waals surface area contributed by atoms with E-state index < -0.39 is 24.5 Å². The van der Waals surface area contributed by atoms with Crippen molar-refractivity contribution in [2.75, 3.05) is 31.2 Å². The molecule has 38 heavy (non-hydrogen) atoms. The molecule has 0 amide bonds. The average Bonchev–Trinajstić information content (AvgIpc) is 3.62. The number of ether oxygens (including phenoxy) is 1. The SMILES string of the molecule is C=S(N)(=O)C1(c2cc(N3CCOCC3)nc(-c3ccnc4c3ccn4S(=O)(=O)c3ccc(C)cc3)n2)CC1. The first kappa shape index (κ1) is 25.0. The van der Waals surface area contributed by atoms with Crippen molar-refractivity contribution in [3.05, 3.63) is 66.1 Å². The minimum absolute atomic E-state index is 0.171. The molecule has 4 heterocycles. The number of fused-ring (bicyclic) bond motifs is 1. The molecule has 6 rings (SSSR count). The second-order valence-electron chi connectivity index (χ2n) is 9.78. The molecule has 0 radical (unpaired) electrons. The molecule has 2 aliphatic rings. The van der Waals surface area contributed by atoms with Crippen LogP contribution in [0.2, 0.25) is 0 Å². The molecule has 198 valence electrons. The Labute approximate surface area is 221 Å². The van der Waals surface area contributed by atoms with E-state index in [1.165, 1.54) is 10.2 Å². The second-order valence-corrected chi connectivity index (χ2v) is 13.8. The maximum atomic E-state index is 13.5. The summed E-state index contributed by atoms with van der Waals surface area (Å²) in [6, 6.07) is 12.0. The number of hydrogen-bond acceptors (Lipinski definition) is 8. The smallest absolute Gasteiger partial charge is 0.269 e. The zero-order valence-corrected chi connectivity index (χ0v) is 22.5. The Balaban J connectivity index is 1.52. The highest BCUT2D eigenvalue weighted by atomic mass is 32.2. The van der Waals surface area contributed by atoms with Crippen LogP contribution in [0.3, 0.4) is 0 Å². The van der Waals surface area contributed by atoms with Crippen LogP contribution in [0.25, 0.3) is 22.4 Å². The summed E-state index contributed by atoms with van der Waals surface area (Å²) in [5.41, 5.74) is 2.44. The lowest BCUT2D eigenvalue weighted by atomic mass is 10.1. The largest absolute Gasteiger partial charge is 0.378 e. The van der Waals surface area contributed by atoms with Gasteiger partial charge < -0.3 is 9.64 Å². The predicted octanol–water partition coefficient (Wildman–Crippen LogP) is 2.45. The van der Waals surface area contributed by atoms with E-state index in [1.807, 2.05) is 13.0 Å². The highest BCUT2D eigenvalue weighted by Crippen LogP contribution is 2.51. The van der Waals surface area contributed by atoms with Crippen molar-refractivity contribution in [2.24, 2.45) is 5.14 Å². The molecule has 1 aromatic carbocycles. The van der Waals surface area contributed by atoms with Gasteiger partial charge in [0.05, 0.1) is 28.6 Å². The summed E-state index contributed by atoms with van der Waals surface area (Å²) >= 11 is 0. The van der Waals surface area contributed by atoms with Crippen LogP contribution in [-0.2, 0) is 29.2 Å². The van der Waals surface area contributed by atoms with Crippen molar-refractivity contribution in [2.45, 2.75) is 29.4 Å². The first-order chi connectivity index (χ1) is 18.1. The van der Waals surface area contributed by atoms with Gasteiger partial charge in [0.2, 0.25) is 0 Å². The van der Waals surface area contributed by atoms with Gasteiger partial charge in [0.1, 0.15) is 5.82 Å². The molecule has 1 aliphatic heterocycles. The van der Waals surface area contributed by atoms with Gasteiger partial charge in [-0.25, -0.2) is 27.3 Å². The lowest BCUT2D eigenvalue weighted by Gasteiger charge is -2.29. The molecule has 2 N–H and O–H groups in total. The predicted molar refractivity (Wildman–Crippen MR) is 148 cm³/mol. The van der Waals surface area contributed by atoms with Crippen LogP contribution in [0.1, 0.15) is 24.1 Å². The minimum Gasteiger partial charge on any atom is -0.378 e. The Kier molecular flexibility index (Phi) is 5.83. The molecular formula is C26H28N6O4S2. The normalized spacial score (nSPS) is 18.8. The van der Waals surface area contributed by atoms with Gasteiger partial charge in [-0.3, -0.25) is 9.35 Å². The Morgan fingerprint density at radius 3 is 2.39 bits per heavy atom. The van der Waals surface area contributed by atoms with Crippen LogP contribution in [-0.4, -0.2) is 63.7 Å². The minimum atomic E-state index is -3.88. The maximum absolute atomic E-state index is 13.5. The molecule has 1 atom stereocenters. The summed E-state index contributed by atoms with van der Waals surface area (Å²) in [4.78, 5) is 16.4. The molecule has 4 aromatic rings. The van der Waals surface area contributed by atoms with E-state index >= 15 is 0 Å². The zero-order valence-electron chi connectivity index (χ0n) is 20.9. The number of anilines is 1. The van der Waals surface area contributed by atoms with Crippen molar-refractivity contribution < 1.29 is 17.4 Å². The van der Waals surface area contributed by atoms with Gasteiger partial charge in [0.25, 0.3) is 10.0 Å². The van der Waals surface area contributed by atoms with Crippen LogP contribution >= 0.6 is 0 Å². The number of morpholine rings is 1. The van der Waals surface area contributed by atoms with Crippen LogP contribution in [0.5, 0.6) is 0 Å². The quantitative estimate of drug-likeness (QED) is 0.361. The summed E-state index contributed by atoms with van der Waals surface area (Å²) in [6.07, 6.45) is 4.29. The Bertz CT molecular complexity index is 1760. The van der Waals surface area contributed by atoms with E-state index in [-0.39, 0.29) is 10.5 Å². The van der Waals surface area contributed by atoms with Crippen LogP contribution in [0.4, 0.5) is 5.82 Å². The van der Waals surface area contributed by atoms with E-state index in [9.17, 15) is 12.6 Å². The summed E-state index contributed by atoms with van der Waals surface area (Å²) in [5, 5.41) is 6.66. The molecule has 0 bridgehead atoms. The fraction of sp³-hybridized carbons (Fsp3) is 0.308. The van der Waals surface area contributed by atoms with Crippen molar-refractivity contribution in [1.29, 1.82) is 0 Å². The van der Waals surface area contributed by atoms with Crippen molar-refractivity contribution in [3.63, 3.8) is 0 Å². The third-order valence-electron chi connectivity index (χ3n) is 7.25. The maximum Gasteiger partial charge on any atom is 0.269 e. The molecule has 1 saturated carbocycles. The standard InChI is InChI=1S/C26H28N6O4S2/c1-18-3-5-19(6-4-18)38(34,35)32-12-8-21-20(7-11-28-25(21)32)24-29-22(26(9-10-26)37(2,27)33)17-23(30-24)31-13-15-36-16-14-31/h3-8,11-12,17H,2,9-10,13-16H2,1H3,(H2,27,33). The second kappa shape index (κ2) is 8.87. The number of aryl methyl sites for hydroxylation is 1. The zero-order chi connectivity index (χ0) is 26.7. The molecule has 2 fully saturated rings. The van der Waals surface area contributed by atoms with Gasteiger partial charge >= 0.3 is 0 Å². The molecule has 0 spiro atoms. The van der Waals surface area contributed by atoms with Gasteiger partial charge in [-0.15, -0.1) is 0 Å². The number of benzene rings is 1. The fourth-order valence-electron chi connectivity index (χ4n) is 4.86. The summed E-state index contributed by atoms with van der Waals surface area (Å²) in [7, 11) is -6.79. The number of nitrogens with zero attached hydrogens (tertiary/aromatic N) is 5. The van der Waals surface area contributed by atoms with Crippen LogP contribution in [0, 0.1) is 6.92 Å². The molecule has 12 heteroatoms. The highest BCUT2D eigenvalue weighted by Gasteiger charge is 2.52. The van der Waals surface area contributed by atoms with E-state index in [2.05, 4.69) is 15.8 Å². The van der Waals surface area contributed by atoms with Gasteiger partial charge in [-0.1, -0.05) is 17.7 Å². The Hall–Kier alpha value is -3.32. The van der Waals surface area contributed by atoms with Crippen LogP contribution in [0.15, 0.2) is 59.8 Å². The number of nitrogens with two attached hydrogens (primary N) is 1. The number of hydrogen-bond donors (Lipinski definition) is 1. The summed E-state index contributed by atoms with van der Waals surface area (Å²) < 4.78 is 45.8. The Morgan fingerprint density at radius 1 is 1.03 bits per heavy atom. The van der Waals surface area contributed by atoms with E-state index in [1.54, 1.807) is 42.6 Å². The number of pyridine rings is 1. The lowest BCUT2D eigenvalue weighted by molar-refractivity contribution is 0.122. The van der Waals surface area contributed by atoms with Crippen molar-refractivity contribution in [1.82, 2.24) is 18.9 Å². The van der Waals surface area contributed by atoms with Gasteiger partial charge in [-0.05, 0) is 49.9 Å². The van der Waals surface area contributed by atoms with E-state index in [0.29, 0.717) is 67.4 Å². The first-order valence-corrected chi connectivity index (χ1v) is 15.5. The van der Waals surface area contributed by atoms with Crippen LogP contribution < -0.4 is 10.0 Å². The van der Waals surface area contributed by atoms with E-state index in [4.69, 9.17) is 19.8 Å².